The number of aldehydes is 1. The molecular weight excluding hydrogens is 436 g/mol. The van der Waals surface area contributed by atoms with Crippen LogP contribution < -0.4 is 10.6 Å². The monoisotopic (exact) mass is 464 g/mol. The molecule has 2 rings (SSSR count). The van der Waals surface area contributed by atoms with Gasteiger partial charge in [-0.05, 0) is 50.3 Å². The highest BCUT2D eigenvalue weighted by atomic mass is 35.5. The average Bonchev–Trinajstić information content (AvgIpc) is 2.76. The zero-order valence-electron chi connectivity index (χ0n) is 18.0. The van der Waals surface area contributed by atoms with Gasteiger partial charge in [-0.3, -0.25) is 19.2 Å². The summed E-state index contributed by atoms with van der Waals surface area (Å²) in [6.07, 6.45) is 3.86. The van der Waals surface area contributed by atoms with Crippen molar-refractivity contribution in [2.24, 2.45) is 11.8 Å². The van der Waals surface area contributed by atoms with Crippen molar-refractivity contribution in [2.45, 2.75) is 64.0 Å². The number of halogens is 1. The van der Waals surface area contributed by atoms with Crippen LogP contribution in [0.15, 0.2) is 24.3 Å². The Labute approximate surface area is 192 Å². The summed E-state index contributed by atoms with van der Waals surface area (Å²) in [6, 6.07) is 4.70. The summed E-state index contributed by atoms with van der Waals surface area (Å²) < 4.78 is 0. The molecule has 9 heteroatoms. The van der Waals surface area contributed by atoms with E-state index >= 15 is 0 Å². The maximum Gasteiger partial charge on any atom is 0.305 e. The van der Waals surface area contributed by atoms with Crippen LogP contribution in [-0.4, -0.2) is 47.0 Å². The molecule has 0 saturated heterocycles. The first-order chi connectivity index (χ1) is 15.2. The van der Waals surface area contributed by atoms with Gasteiger partial charge in [0, 0.05) is 22.9 Å². The lowest BCUT2D eigenvalue weighted by Crippen LogP contribution is -2.44. The topological polar surface area (TPSA) is 130 Å². The Morgan fingerprint density at radius 3 is 2.56 bits per heavy atom. The fourth-order valence-electron chi connectivity index (χ4n) is 4.04. The molecule has 4 atom stereocenters. The van der Waals surface area contributed by atoms with Gasteiger partial charge >= 0.3 is 5.97 Å². The average molecular weight is 465 g/mol. The quantitative estimate of drug-likeness (QED) is 0.432. The van der Waals surface area contributed by atoms with Gasteiger partial charge < -0.3 is 20.5 Å². The number of hydrogen-bond donors (Lipinski definition) is 3. The molecule has 3 N–H and O–H groups in total. The van der Waals surface area contributed by atoms with E-state index in [1.165, 1.54) is 6.07 Å². The minimum absolute atomic E-state index is 0.0411. The molecule has 1 aromatic carbocycles. The molecule has 2 amide bonds. The fourth-order valence-corrected chi connectivity index (χ4v) is 4.23. The minimum Gasteiger partial charge on any atom is -0.481 e. The molecule has 1 aliphatic rings. The number of aliphatic carboxylic acids is 1. The second-order valence-corrected chi connectivity index (χ2v) is 8.65. The van der Waals surface area contributed by atoms with E-state index in [0.29, 0.717) is 29.7 Å². The lowest BCUT2D eigenvalue weighted by Gasteiger charge is -2.31. The van der Waals surface area contributed by atoms with Gasteiger partial charge in [0.1, 0.15) is 6.29 Å². The van der Waals surface area contributed by atoms with Crippen LogP contribution in [0.5, 0.6) is 0 Å². The van der Waals surface area contributed by atoms with Crippen molar-refractivity contribution in [3.8, 4) is 0 Å². The van der Waals surface area contributed by atoms with Gasteiger partial charge in [0.25, 0.3) is 5.91 Å². The molecule has 0 radical (unpaired) electrons. The summed E-state index contributed by atoms with van der Waals surface area (Å²) >= 11 is 5.90. The van der Waals surface area contributed by atoms with Gasteiger partial charge in [-0.15, -0.1) is 0 Å². The Kier molecular flexibility index (Phi) is 9.84. The van der Waals surface area contributed by atoms with Crippen LogP contribution in [0.25, 0.3) is 0 Å². The summed E-state index contributed by atoms with van der Waals surface area (Å²) in [5, 5.41) is 14.5. The van der Waals surface area contributed by atoms with Crippen molar-refractivity contribution in [3.63, 3.8) is 0 Å². The highest BCUT2D eigenvalue weighted by Crippen LogP contribution is 2.33. The molecule has 8 nitrogen and oxygen atoms in total. The molecule has 0 aliphatic heterocycles. The molecule has 0 bridgehead atoms. The van der Waals surface area contributed by atoms with Gasteiger partial charge in [0.15, 0.2) is 5.78 Å². The normalized spacial score (nSPS) is 19.9. The summed E-state index contributed by atoms with van der Waals surface area (Å²) in [5.41, 5.74) is 0.368. The Morgan fingerprint density at radius 2 is 1.91 bits per heavy atom. The summed E-state index contributed by atoms with van der Waals surface area (Å²) in [4.78, 5) is 59.5. The molecule has 32 heavy (non-hydrogen) atoms. The number of ketones is 1. The number of rotatable bonds is 11. The molecule has 0 spiro atoms. The van der Waals surface area contributed by atoms with Gasteiger partial charge in [-0.25, -0.2) is 0 Å². The molecule has 1 aromatic rings. The number of nitrogens with one attached hydrogen (secondary N) is 2. The first kappa shape index (κ1) is 25.5. The smallest absolute Gasteiger partial charge is 0.305 e. The lowest BCUT2D eigenvalue weighted by atomic mass is 9.76. The summed E-state index contributed by atoms with van der Waals surface area (Å²) in [7, 11) is 0. The number of Topliss-reactive ketones (excluding diaryl/α,β-unsaturated/α-hetero) is 1. The van der Waals surface area contributed by atoms with Gasteiger partial charge in [-0.1, -0.05) is 30.5 Å². The van der Waals surface area contributed by atoms with Crippen molar-refractivity contribution in [1.29, 1.82) is 0 Å². The highest BCUT2D eigenvalue weighted by Gasteiger charge is 2.32. The van der Waals surface area contributed by atoms with Gasteiger partial charge in [0.2, 0.25) is 5.91 Å². The van der Waals surface area contributed by atoms with Gasteiger partial charge in [-0.2, -0.15) is 0 Å². The second kappa shape index (κ2) is 12.3. The Hall–Kier alpha value is -2.74. The van der Waals surface area contributed by atoms with Crippen molar-refractivity contribution in [2.75, 3.05) is 0 Å². The molecule has 1 aliphatic carbocycles. The van der Waals surface area contributed by atoms with Crippen molar-refractivity contribution < 1.29 is 29.1 Å². The molecule has 0 aromatic heterocycles. The van der Waals surface area contributed by atoms with Crippen LogP contribution in [0.1, 0.15) is 62.2 Å². The zero-order valence-corrected chi connectivity index (χ0v) is 18.8. The Bertz CT molecular complexity index is 859. The fraction of sp³-hybridized carbons (Fsp3) is 0.522. The van der Waals surface area contributed by atoms with E-state index in [-0.39, 0.29) is 35.9 Å². The number of amides is 2. The summed E-state index contributed by atoms with van der Waals surface area (Å²) in [5.74, 6) is -2.45. The van der Waals surface area contributed by atoms with E-state index in [0.717, 1.165) is 19.3 Å². The molecule has 174 valence electrons. The van der Waals surface area contributed by atoms with Crippen LogP contribution >= 0.6 is 11.6 Å². The van der Waals surface area contributed by atoms with Crippen LogP contribution in [0.3, 0.4) is 0 Å². The van der Waals surface area contributed by atoms with E-state index in [4.69, 9.17) is 16.7 Å². The molecule has 0 heterocycles. The first-order valence-corrected chi connectivity index (χ1v) is 11.2. The van der Waals surface area contributed by atoms with E-state index < -0.39 is 24.5 Å². The van der Waals surface area contributed by atoms with E-state index in [9.17, 15) is 24.0 Å². The minimum atomic E-state index is -1.16. The maximum atomic E-state index is 12.7. The zero-order chi connectivity index (χ0) is 23.7. The third kappa shape index (κ3) is 7.75. The number of carbonyl (C=O) groups is 5. The number of carbonyl (C=O) groups excluding carboxylic acids is 4. The van der Waals surface area contributed by atoms with Crippen LogP contribution in [0, 0.1) is 11.8 Å². The molecule has 1 fully saturated rings. The van der Waals surface area contributed by atoms with Crippen LogP contribution in [0.4, 0.5) is 0 Å². The molecule has 3 unspecified atom stereocenters. The Morgan fingerprint density at radius 1 is 1.19 bits per heavy atom. The van der Waals surface area contributed by atoms with Crippen LogP contribution in [0.2, 0.25) is 5.02 Å². The number of carboxylic acids is 1. The molecule has 1 saturated carbocycles. The van der Waals surface area contributed by atoms with Crippen molar-refractivity contribution in [3.05, 3.63) is 34.9 Å². The number of hydrogen-bond acceptors (Lipinski definition) is 5. The van der Waals surface area contributed by atoms with Crippen LogP contribution in [-0.2, 0) is 19.2 Å². The second-order valence-electron chi connectivity index (χ2n) is 8.21. The van der Waals surface area contributed by atoms with Crippen molar-refractivity contribution in [1.82, 2.24) is 10.6 Å². The number of benzene rings is 1. The predicted octanol–water partition coefficient (Wildman–Crippen LogP) is 2.77. The maximum absolute atomic E-state index is 12.7. The van der Waals surface area contributed by atoms with E-state index in [1.54, 1.807) is 25.1 Å². The first-order valence-electron chi connectivity index (χ1n) is 10.8. The third-order valence-electron chi connectivity index (χ3n) is 5.81. The third-order valence-corrected chi connectivity index (χ3v) is 6.05. The summed E-state index contributed by atoms with van der Waals surface area (Å²) in [6.45, 7) is 1.62. The standard InChI is InChI=1S/C23H29ClN2O6/c1-14(25-22(31)16-6-4-7-17(24)11-16)20(28)10-9-15-5-2-3-8-19(15)23(32)26-18(13-27)12-21(29)30/h4,6-7,11,13-15,18-19H,2-3,5,8-10,12H2,1H3,(H,25,31)(H,26,32)(H,29,30)/t14?,15?,18-,19?/m0/s1. The largest absolute Gasteiger partial charge is 0.481 e. The molecular formula is C23H29ClN2O6. The lowest BCUT2D eigenvalue weighted by molar-refractivity contribution is -0.139. The van der Waals surface area contributed by atoms with E-state index in [2.05, 4.69) is 10.6 Å². The van der Waals surface area contributed by atoms with Crippen molar-refractivity contribution >= 4 is 41.5 Å². The predicted molar refractivity (Wildman–Crippen MR) is 118 cm³/mol. The Balaban J connectivity index is 1.89. The van der Waals surface area contributed by atoms with E-state index in [1.807, 2.05) is 0 Å². The van der Waals surface area contributed by atoms with Gasteiger partial charge in [0.05, 0.1) is 18.5 Å². The highest BCUT2D eigenvalue weighted by molar-refractivity contribution is 6.31. The number of carboxylic acid groups (broad SMARTS) is 1. The SMILES string of the molecule is CC(NC(=O)c1cccc(Cl)c1)C(=O)CCC1CCCCC1C(=O)N[C@H](C=O)CC(=O)O.